The number of carbonyl (C=O) groups is 2. The van der Waals surface area contributed by atoms with Crippen LogP contribution in [0.25, 0.3) is 0 Å². The highest BCUT2D eigenvalue weighted by Crippen LogP contribution is 2.00. The maximum Gasteiger partial charge on any atom is 0.303 e. The molecule has 0 saturated carbocycles. The SMILES string of the molecule is CC(CCCC(=O)O)NC(=O)CN1CCNCC1. The average Bonchev–Trinajstić information content (AvgIpc) is 2.29. The lowest BCUT2D eigenvalue weighted by Crippen LogP contribution is -2.48. The number of rotatable bonds is 7. The van der Waals surface area contributed by atoms with Crippen LogP contribution in [0.3, 0.4) is 0 Å². The molecule has 0 aromatic heterocycles. The summed E-state index contributed by atoms with van der Waals surface area (Å²) in [4.78, 5) is 24.2. The van der Waals surface area contributed by atoms with Crippen LogP contribution in [0, 0.1) is 0 Å². The van der Waals surface area contributed by atoms with E-state index in [1.54, 1.807) is 0 Å². The van der Waals surface area contributed by atoms with Gasteiger partial charge in [-0.25, -0.2) is 0 Å². The Bertz CT molecular complexity index is 278. The zero-order valence-corrected chi connectivity index (χ0v) is 10.9. The highest BCUT2D eigenvalue weighted by molar-refractivity contribution is 5.78. The van der Waals surface area contributed by atoms with Gasteiger partial charge in [0.05, 0.1) is 6.54 Å². The smallest absolute Gasteiger partial charge is 0.303 e. The molecule has 0 aromatic rings. The van der Waals surface area contributed by atoms with E-state index in [0.29, 0.717) is 19.4 Å². The summed E-state index contributed by atoms with van der Waals surface area (Å²) in [5.74, 6) is -0.755. The van der Waals surface area contributed by atoms with Gasteiger partial charge in [0.15, 0.2) is 0 Å². The summed E-state index contributed by atoms with van der Waals surface area (Å²) in [5, 5.41) is 14.7. The lowest BCUT2D eigenvalue weighted by Gasteiger charge is -2.27. The predicted molar refractivity (Wildman–Crippen MR) is 68.4 cm³/mol. The van der Waals surface area contributed by atoms with E-state index in [0.717, 1.165) is 26.2 Å². The largest absolute Gasteiger partial charge is 0.481 e. The molecular weight excluding hydrogens is 234 g/mol. The fourth-order valence-electron chi connectivity index (χ4n) is 2.02. The van der Waals surface area contributed by atoms with Crippen molar-refractivity contribution in [3.8, 4) is 0 Å². The topological polar surface area (TPSA) is 81.7 Å². The van der Waals surface area contributed by atoms with E-state index in [9.17, 15) is 9.59 Å². The maximum atomic E-state index is 11.7. The third-order valence-corrected chi connectivity index (χ3v) is 3.01. The fourth-order valence-corrected chi connectivity index (χ4v) is 2.02. The Labute approximate surface area is 108 Å². The summed E-state index contributed by atoms with van der Waals surface area (Å²) in [6, 6.07) is 0.0414. The highest BCUT2D eigenvalue weighted by Gasteiger charge is 2.14. The number of piperazine rings is 1. The van der Waals surface area contributed by atoms with Crippen molar-refractivity contribution >= 4 is 11.9 Å². The molecule has 3 N–H and O–H groups in total. The normalized spacial score (nSPS) is 18.3. The molecule has 6 heteroatoms. The minimum absolute atomic E-state index is 0.0275. The van der Waals surface area contributed by atoms with E-state index >= 15 is 0 Å². The quantitative estimate of drug-likeness (QED) is 0.581. The summed E-state index contributed by atoms with van der Waals surface area (Å²) in [6.07, 6.45) is 1.47. The van der Waals surface area contributed by atoms with Crippen LogP contribution in [0.2, 0.25) is 0 Å². The van der Waals surface area contributed by atoms with Gasteiger partial charge in [0.25, 0.3) is 0 Å². The lowest BCUT2D eigenvalue weighted by molar-refractivity contribution is -0.137. The van der Waals surface area contributed by atoms with Crippen molar-refractivity contribution in [2.45, 2.75) is 32.2 Å². The van der Waals surface area contributed by atoms with Gasteiger partial charge in [-0.2, -0.15) is 0 Å². The molecule has 0 spiro atoms. The van der Waals surface area contributed by atoms with Crippen LogP contribution in [0.5, 0.6) is 0 Å². The minimum atomic E-state index is -0.783. The molecule has 104 valence electrons. The number of amides is 1. The lowest BCUT2D eigenvalue weighted by atomic mass is 10.1. The van der Waals surface area contributed by atoms with E-state index in [4.69, 9.17) is 5.11 Å². The molecule has 1 aliphatic rings. The molecule has 1 rings (SSSR count). The number of carboxylic acid groups (broad SMARTS) is 1. The number of hydrogen-bond donors (Lipinski definition) is 3. The second-order valence-corrected chi connectivity index (χ2v) is 4.78. The summed E-state index contributed by atoms with van der Waals surface area (Å²) in [6.45, 7) is 6.02. The van der Waals surface area contributed by atoms with Gasteiger partial charge in [-0.15, -0.1) is 0 Å². The second kappa shape index (κ2) is 8.05. The van der Waals surface area contributed by atoms with E-state index < -0.39 is 5.97 Å². The molecule has 0 radical (unpaired) electrons. The Balaban J connectivity index is 2.12. The zero-order valence-electron chi connectivity index (χ0n) is 10.9. The Kier molecular flexibility index (Phi) is 6.67. The Morgan fingerprint density at radius 2 is 2.06 bits per heavy atom. The van der Waals surface area contributed by atoms with E-state index in [1.807, 2.05) is 6.92 Å². The third-order valence-electron chi connectivity index (χ3n) is 3.01. The summed E-state index contributed by atoms with van der Waals surface area (Å²) in [5.41, 5.74) is 0. The monoisotopic (exact) mass is 257 g/mol. The van der Waals surface area contributed by atoms with Gasteiger partial charge in [-0.05, 0) is 19.8 Å². The second-order valence-electron chi connectivity index (χ2n) is 4.78. The molecular formula is C12H23N3O3. The van der Waals surface area contributed by atoms with E-state index in [-0.39, 0.29) is 18.4 Å². The number of carbonyl (C=O) groups excluding carboxylic acids is 1. The number of nitrogens with zero attached hydrogens (tertiary/aromatic N) is 1. The molecule has 1 unspecified atom stereocenters. The first kappa shape index (κ1) is 14.9. The van der Waals surface area contributed by atoms with Gasteiger partial charge in [-0.3, -0.25) is 14.5 Å². The molecule has 1 heterocycles. The molecule has 1 aliphatic heterocycles. The summed E-state index contributed by atoms with van der Waals surface area (Å²) in [7, 11) is 0. The Morgan fingerprint density at radius 3 is 2.67 bits per heavy atom. The molecule has 1 amide bonds. The Hall–Kier alpha value is -1.14. The van der Waals surface area contributed by atoms with Crippen molar-refractivity contribution in [3.63, 3.8) is 0 Å². The molecule has 1 atom stereocenters. The molecule has 1 saturated heterocycles. The van der Waals surface area contributed by atoms with Crippen LogP contribution in [0.1, 0.15) is 26.2 Å². The predicted octanol–water partition coefficient (Wildman–Crippen LogP) is -0.349. The van der Waals surface area contributed by atoms with Crippen molar-refractivity contribution in [3.05, 3.63) is 0 Å². The average molecular weight is 257 g/mol. The van der Waals surface area contributed by atoms with Crippen molar-refractivity contribution in [1.29, 1.82) is 0 Å². The number of carboxylic acids is 1. The molecule has 1 fully saturated rings. The number of aliphatic carboxylic acids is 1. The van der Waals surface area contributed by atoms with Crippen molar-refractivity contribution in [2.24, 2.45) is 0 Å². The molecule has 0 bridgehead atoms. The van der Waals surface area contributed by atoms with Gasteiger partial charge >= 0.3 is 5.97 Å². The van der Waals surface area contributed by atoms with Gasteiger partial charge in [0, 0.05) is 38.6 Å². The summed E-state index contributed by atoms with van der Waals surface area (Å²) < 4.78 is 0. The van der Waals surface area contributed by atoms with Crippen LogP contribution < -0.4 is 10.6 Å². The van der Waals surface area contributed by atoms with Crippen LogP contribution in [-0.2, 0) is 9.59 Å². The van der Waals surface area contributed by atoms with E-state index in [1.165, 1.54) is 0 Å². The van der Waals surface area contributed by atoms with Crippen molar-refractivity contribution in [1.82, 2.24) is 15.5 Å². The van der Waals surface area contributed by atoms with Crippen molar-refractivity contribution in [2.75, 3.05) is 32.7 Å². The van der Waals surface area contributed by atoms with Crippen LogP contribution in [0.15, 0.2) is 0 Å². The number of nitrogens with one attached hydrogen (secondary N) is 2. The molecule has 6 nitrogen and oxygen atoms in total. The van der Waals surface area contributed by atoms with Gasteiger partial charge < -0.3 is 15.7 Å². The first-order valence-corrected chi connectivity index (χ1v) is 6.52. The Morgan fingerprint density at radius 1 is 1.39 bits per heavy atom. The van der Waals surface area contributed by atoms with Gasteiger partial charge in [0.1, 0.15) is 0 Å². The van der Waals surface area contributed by atoms with E-state index in [2.05, 4.69) is 15.5 Å². The highest BCUT2D eigenvalue weighted by atomic mass is 16.4. The molecule has 18 heavy (non-hydrogen) atoms. The first-order valence-electron chi connectivity index (χ1n) is 6.52. The van der Waals surface area contributed by atoms with Gasteiger partial charge in [0.2, 0.25) is 5.91 Å². The first-order chi connectivity index (χ1) is 8.58. The van der Waals surface area contributed by atoms with Crippen LogP contribution >= 0.6 is 0 Å². The van der Waals surface area contributed by atoms with Crippen molar-refractivity contribution < 1.29 is 14.7 Å². The zero-order chi connectivity index (χ0) is 13.4. The van der Waals surface area contributed by atoms with Crippen LogP contribution in [0.4, 0.5) is 0 Å². The third kappa shape index (κ3) is 6.56. The maximum absolute atomic E-state index is 11.7. The number of hydrogen-bond acceptors (Lipinski definition) is 4. The molecule has 0 aliphatic carbocycles. The van der Waals surface area contributed by atoms with Gasteiger partial charge in [-0.1, -0.05) is 0 Å². The molecule has 0 aromatic carbocycles. The fraction of sp³-hybridized carbons (Fsp3) is 0.833. The van der Waals surface area contributed by atoms with Crippen LogP contribution in [-0.4, -0.2) is 60.6 Å². The summed E-state index contributed by atoms with van der Waals surface area (Å²) >= 11 is 0. The minimum Gasteiger partial charge on any atom is -0.481 e. The standard InChI is InChI=1S/C12H23N3O3/c1-10(3-2-4-12(17)18)14-11(16)9-15-7-5-13-6-8-15/h10,13H,2-9H2,1H3,(H,14,16)(H,17,18).